The van der Waals surface area contributed by atoms with E-state index in [4.69, 9.17) is 0 Å². The van der Waals surface area contributed by atoms with Gasteiger partial charge in [-0.3, -0.25) is 4.79 Å². The molecule has 0 atom stereocenters. The van der Waals surface area contributed by atoms with Gasteiger partial charge in [-0.2, -0.15) is 0 Å². The Kier molecular flexibility index (Phi) is 1.01. The lowest BCUT2D eigenvalue weighted by molar-refractivity contribution is -0.119. The topological polar surface area (TPSA) is 31.2 Å². The first-order valence-corrected chi connectivity index (χ1v) is 2.50. The summed E-state index contributed by atoms with van der Waals surface area (Å²) < 4.78 is 0. The number of amides is 1. The van der Waals surface area contributed by atoms with E-state index in [0.29, 0.717) is 6.04 Å². The molecule has 2 heteroatoms. The second-order valence-corrected chi connectivity index (χ2v) is 1.88. The number of nitrogens with zero attached hydrogens (tertiary/aromatic N) is 1. The third-order valence-corrected chi connectivity index (χ3v) is 0.911. The molecule has 1 saturated carbocycles. The maximum absolute atomic E-state index is 10.1. The minimum atomic E-state index is -0.0255. The van der Waals surface area contributed by atoms with Gasteiger partial charge in [0.15, 0.2) is 0 Å². The molecule has 0 N–H and O–H groups in total. The second-order valence-electron chi connectivity index (χ2n) is 1.88. The van der Waals surface area contributed by atoms with Gasteiger partial charge in [0, 0.05) is 6.92 Å². The van der Waals surface area contributed by atoms with Gasteiger partial charge in [-0.25, -0.2) is 5.32 Å². The van der Waals surface area contributed by atoms with Crippen molar-refractivity contribution in [2.75, 3.05) is 0 Å². The molecular weight excluding hydrogens is 90.1 g/mol. The molecule has 0 aromatic carbocycles. The van der Waals surface area contributed by atoms with Gasteiger partial charge in [0.05, 0.1) is 6.04 Å². The molecule has 0 aliphatic heterocycles. The monoisotopic (exact) mass is 98.1 g/mol. The van der Waals surface area contributed by atoms with Crippen molar-refractivity contribution in [3.63, 3.8) is 0 Å². The molecule has 2 nitrogen and oxygen atoms in total. The van der Waals surface area contributed by atoms with Gasteiger partial charge in [-0.05, 0) is 12.8 Å². The molecular formula is C5H8NO. The SMILES string of the molecule is CC(=O)[N]C1CC1. The van der Waals surface area contributed by atoms with E-state index >= 15 is 0 Å². The van der Waals surface area contributed by atoms with Crippen molar-refractivity contribution < 1.29 is 4.79 Å². The molecule has 0 aromatic heterocycles. The minimum absolute atomic E-state index is 0.0255. The molecule has 1 amide bonds. The van der Waals surface area contributed by atoms with Gasteiger partial charge in [0.25, 0.3) is 0 Å². The highest BCUT2D eigenvalue weighted by Gasteiger charge is 2.23. The molecule has 1 radical (unpaired) electrons. The predicted octanol–water partition coefficient (Wildman–Crippen LogP) is 0.300. The van der Waals surface area contributed by atoms with Crippen molar-refractivity contribution in [3.05, 3.63) is 0 Å². The molecule has 39 valence electrons. The van der Waals surface area contributed by atoms with Crippen molar-refractivity contribution in [1.82, 2.24) is 5.32 Å². The lowest BCUT2D eigenvalue weighted by atomic mass is 10.6. The summed E-state index contributed by atoms with van der Waals surface area (Å²) in [7, 11) is 0. The Labute approximate surface area is 42.9 Å². The number of carbonyl (C=O) groups is 1. The molecule has 1 fully saturated rings. The summed E-state index contributed by atoms with van der Waals surface area (Å²) in [5, 5.41) is 3.75. The number of hydrogen-bond acceptors (Lipinski definition) is 1. The Hall–Kier alpha value is -0.530. The minimum Gasteiger partial charge on any atom is -0.273 e. The highest BCUT2D eigenvalue weighted by Crippen LogP contribution is 2.19. The highest BCUT2D eigenvalue weighted by atomic mass is 16.1. The highest BCUT2D eigenvalue weighted by molar-refractivity contribution is 5.73. The molecule has 0 unspecified atom stereocenters. The van der Waals surface area contributed by atoms with E-state index in [0.717, 1.165) is 12.8 Å². The Bertz CT molecular complexity index is 86.1. The summed E-state index contributed by atoms with van der Waals surface area (Å²) in [4.78, 5) is 10.1. The zero-order chi connectivity index (χ0) is 5.28. The summed E-state index contributed by atoms with van der Waals surface area (Å²) in [6.07, 6.45) is 2.25. The van der Waals surface area contributed by atoms with Crippen LogP contribution in [0.3, 0.4) is 0 Å². The van der Waals surface area contributed by atoms with Crippen molar-refractivity contribution in [2.45, 2.75) is 25.8 Å². The summed E-state index contributed by atoms with van der Waals surface area (Å²) >= 11 is 0. The first-order chi connectivity index (χ1) is 3.29. The standard InChI is InChI=1S/C5H8NO/c1-4(7)6-5-2-3-5/h5H,2-3H2,1H3. The van der Waals surface area contributed by atoms with Crippen LogP contribution in [0.15, 0.2) is 0 Å². The van der Waals surface area contributed by atoms with E-state index in [-0.39, 0.29) is 5.91 Å². The first-order valence-electron chi connectivity index (χ1n) is 2.50. The van der Waals surface area contributed by atoms with Crippen LogP contribution >= 0.6 is 0 Å². The molecule has 0 bridgehead atoms. The quantitative estimate of drug-likeness (QED) is 0.464. The van der Waals surface area contributed by atoms with E-state index in [1.807, 2.05) is 0 Å². The van der Waals surface area contributed by atoms with Crippen LogP contribution in [0.2, 0.25) is 0 Å². The Morgan fingerprint density at radius 1 is 1.71 bits per heavy atom. The second kappa shape index (κ2) is 1.52. The van der Waals surface area contributed by atoms with Gasteiger partial charge >= 0.3 is 0 Å². The van der Waals surface area contributed by atoms with E-state index in [1.54, 1.807) is 0 Å². The summed E-state index contributed by atoms with van der Waals surface area (Å²) in [6, 6.07) is 0.400. The average molecular weight is 98.1 g/mol. The van der Waals surface area contributed by atoms with Crippen LogP contribution in [0.25, 0.3) is 0 Å². The van der Waals surface area contributed by atoms with Gasteiger partial charge < -0.3 is 0 Å². The van der Waals surface area contributed by atoms with Crippen LogP contribution in [0.1, 0.15) is 19.8 Å². The lowest BCUT2D eigenvalue weighted by Crippen LogP contribution is -2.12. The van der Waals surface area contributed by atoms with Crippen LogP contribution in [0, 0.1) is 0 Å². The zero-order valence-corrected chi connectivity index (χ0v) is 4.35. The number of carbonyl (C=O) groups excluding carboxylic acids is 1. The van der Waals surface area contributed by atoms with Crippen molar-refractivity contribution in [1.29, 1.82) is 0 Å². The van der Waals surface area contributed by atoms with Gasteiger partial charge in [0.1, 0.15) is 0 Å². The summed E-state index contributed by atoms with van der Waals surface area (Å²) in [5.74, 6) is -0.0255. The fourth-order valence-electron chi connectivity index (χ4n) is 0.461. The molecule has 1 rings (SSSR count). The first kappa shape index (κ1) is 4.62. The van der Waals surface area contributed by atoms with Gasteiger partial charge in [-0.15, -0.1) is 0 Å². The normalized spacial score (nSPS) is 19.0. The zero-order valence-electron chi connectivity index (χ0n) is 4.35. The smallest absolute Gasteiger partial charge is 0.238 e. The van der Waals surface area contributed by atoms with Crippen LogP contribution < -0.4 is 5.32 Å². The third kappa shape index (κ3) is 1.57. The van der Waals surface area contributed by atoms with Gasteiger partial charge in [-0.1, -0.05) is 0 Å². The van der Waals surface area contributed by atoms with Crippen LogP contribution in [-0.4, -0.2) is 11.9 Å². The summed E-state index contributed by atoms with van der Waals surface area (Å²) in [5.41, 5.74) is 0. The lowest BCUT2D eigenvalue weighted by Gasteiger charge is -1.86. The molecule has 1 aliphatic carbocycles. The van der Waals surface area contributed by atoms with E-state index in [9.17, 15) is 4.79 Å². The maximum atomic E-state index is 10.1. The van der Waals surface area contributed by atoms with Crippen LogP contribution in [-0.2, 0) is 4.79 Å². The van der Waals surface area contributed by atoms with Gasteiger partial charge in [0.2, 0.25) is 5.91 Å². The molecule has 0 aromatic rings. The largest absolute Gasteiger partial charge is 0.273 e. The Morgan fingerprint density at radius 2 is 2.29 bits per heavy atom. The van der Waals surface area contributed by atoms with Crippen molar-refractivity contribution >= 4 is 5.91 Å². The summed E-state index contributed by atoms with van der Waals surface area (Å²) in [6.45, 7) is 1.50. The molecule has 0 spiro atoms. The van der Waals surface area contributed by atoms with Crippen molar-refractivity contribution in [3.8, 4) is 0 Å². The predicted molar refractivity (Wildman–Crippen MR) is 25.8 cm³/mol. The average Bonchev–Trinajstić information content (AvgIpc) is 2.17. The fourth-order valence-corrected chi connectivity index (χ4v) is 0.461. The molecule has 7 heavy (non-hydrogen) atoms. The van der Waals surface area contributed by atoms with Crippen LogP contribution in [0.4, 0.5) is 0 Å². The van der Waals surface area contributed by atoms with E-state index in [1.165, 1.54) is 6.92 Å². The van der Waals surface area contributed by atoms with E-state index in [2.05, 4.69) is 5.32 Å². The molecule has 0 saturated heterocycles. The van der Waals surface area contributed by atoms with Crippen LogP contribution in [0.5, 0.6) is 0 Å². The Balaban J connectivity index is 2.08. The maximum Gasteiger partial charge on any atom is 0.238 e. The number of hydrogen-bond donors (Lipinski definition) is 0. The molecule has 0 heterocycles. The third-order valence-electron chi connectivity index (χ3n) is 0.911. The van der Waals surface area contributed by atoms with Crippen molar-refractivity contribution in [2.24, 2.45) is 0 Å². The molecule has 1 aliphatic rings. The number of rotatable bonds is 1. The van der Waals surface area contributed by atoms with E-state index < -0.39 is 0 Å². The Morgan fingerprint density at radius 3 is 2.43 bits per heavy atom. The fraction of sp³-hybridized carbons (Fsp3) is 0.800.